The van der Waals surface area contributed by atoms with E-state index in [1.807, 2.05) is 54.6 Å². The van der Waals surface area contributed by atoms with Crippen LogP contribution >= 0.6 is 0 Å². The lowest BCUT2D eigenvalue weighted by Crippen LogP contribution is -2.42. The summed E-state index contributed by atoms with van der Waals surface area (Å²) < 4.78 is 0. The molecule has 7 nitrogen and oxygen atoms in total. The summed E-state index contributed by atoms with van der Waals surface area (Å²) in [5.74, 6) is 0.182. The molecule has 1 aliphatic heterocycles. The molecule has 0 saturated heterocycles. The Morgan fingerprint density at radius 2 is 1.81 bits per heavy atom. The van der Waals surface area contributed by atoms with Crippen molar-refractivity contribution >= 4 is 17.9 Å². The third kappa shape index (κ3) is 5.96. The molecule has 36 heavy (non-hydrogen) atoms. The smallest absolute Gasteiger partial charge is 0.315 e. The molecule has 4 N–H and O–H groups in total. The van der Waals surface area contributed by atoms with Crippen LogP contribution in [0.5, 0.6) is 0 Å². The van der Waals surface area contributed by atoms with Gasteiger partial charge in [0.2, 0.25) is 0 Å². The minimum Gasteiger partial charge on any atom is -0.369 e. The van der Waals surface area contributed by atoms with Crippen molar-refractivity contribution in [1.29, 1.82) is 0 Å². The molecule has 190 valence electrons. The van der Waals surface area contributed by atoms with Crippen LogP contribution in [0, 0.1) is 0 Å². The van der Waals surface area contributed by atoms with E-state index in [1.165, 1.54) is 12.0 Å². The number of rotatable bonds is 10. The van der Waals surface area contributed by atoms with Crippen LogP contribution in [0.15, 0.2) is 71.2 Å². The van der Waals surface area contributed by atoms with Gasteiger partial charge in [-0.1, -0.05) is 79.6 Å². The van der Waals surface area contributed by atoms with Crippen molar-refractivity contribution in [3.63, 3.8) is 0 Å². The summed E-state index contributed by atoms with van der Waals surface area (Å²) in [6.45, 7) is 3.56. The number of nitrogens with one attached hydrogen (secondary N) is 2. The molecule has 2 aromatic rings. The highest BCUT2D eigenvalue weighted by molar-refractivity contribution is 6.07. The Labute approximate surface area is 213 Å². The summed E-state index contributed by atoms with van der Waals surface area (Å²) in [4.78, 5) is 32.2. The number of nitrogens with two attached hydrogens (primary N) is 1. The number of guanidine groups is 1. The number of nitrogens with zero attached hydrogens (tertiary/aromatic N) is 2. The number of unbranched alkanes of at least 4 members (excludes halogenated alkanes) is 1. The highest BCUT2D eigenvalue weighted by Gasteiger charge is 2.49. The number of amides is 3. The van der Waals surface area contributed by atoms with Gasteiger partial charge in [0.25, 0.3) is 5.91 Å². The molecular weight excluding hydrogens is 450 g/mol. The van der Waals surface area contributed by atoms with Gasteiger partial charge in [0.15, 0.2) is 11.5 Å². The van der Waals surface area contributed by atoms with Gasteiger partial charge in [-0.05, 0) is 48.8 Å². The quantitative estimate of drug-likeness (QED) is 0.334. The van der Waals surface area contributed by atoms with Gasteiger partial charge >= 0.3 is 6.03 Å². The zero-order valence-electron chi connectivity index (χ0n) is 21.1. The summed E-state index contributed by atoms with van der Waals surface area (Å²) >= 11 is 0. The van der Waals surface area contributed by atoms with Crippen molar-refractivity contribution in [2.75, 3.05) is 6.54 Å². The minimum atomic E-state index is -1.01. The predicted octanol–water partition coefficient (Wildman–Crippen LogP) is 4.73. The summed E-state index contributed by atoms with van der Waals surface area (Å²) in [5, 5.41) is 5.72. The Morgan fingerprint density at radius 3 is 2.50 bits per heavy atom. The van der Waals surface area contributed by atoms with Gasteiger partial charge in [-0.3, -0.25) is 9.69 Å². The Morgan fingerprint density at radius 1 is 1.06 bits per heavy atom. The fourth-order valence-electron chi connectivity index (χ4n) is 4.87. The third-order valence-electron chi connectivity index (χ3n) is 6.93. The zero-order valence-corrected chi connectivity index (χ0v) is 21.1. The maximum Gasteiger partial charge on any atom is 0.315 e. The SMILES string of the molecule is CCCCNC(=O)NCc1ccc(CN2C(=O)C(CC3=CCCCC3)(c3ccccc3)N=C2N)cc1. The van der Waals surface area contributed by atoms with E-state index in [1.54, 1.807) is 4.90 Å². The molecule has 0 saturated carbocycles. The van der Waals surface area contributed by atoms with Crippen LogP contribution in [0.3, 0.4) is 0 Å². The van der Waals surface area contributed by atoms with Gasteiger partial charge in [-0.15, -0.1) is 0 Å². The molecule has 4 rings (SSSR count). The van der Waals surface area contributed by atoms with E-state index in [2.05, 4.69) is 23.6 Å². The number of hydrogen-bond acceptors (Lipinski definition) is 4. The van der Waals surface area contributed by atoms with Crippen molar-refractivity contribution in [2.45, 2.75) is 70.5 Å². The maximum absolute atomic E-state index is 13.9. The van der Waals surface area contributed by atoms with Crippen LogP contribution in [0.25, 0.3) is 0 Å². The van der Waals surface area contributed by atoms with Crippen LogP contribution < -0.4 is 16.4 Å². The van der Waals surface area contributed by atoms with E-state index in [0.717, 1.165) is 48.8 Å². The van der Waals surface area contributed by atoms with Crippen LogP contribution in [0.2, 0.25) is 0 Å². The standard InChI is InChI=1S/C29H37N5O2/c1-2-3-18-31-28(36)32-20-23-14-16-24(17-15-23)21-34-26(35)29(33-27(34)30,25-12-8-5-9-13-25)19-22-10-6-4-7-11-22/h5,8-10,12-17H,2-4,6-7,11,18-21H2,1H3,(H2,30,33)(H2,31,32,36). The Bertz CT molecular complexity index is 1110. The molecule has 0 radical (unpaired) electrons. The van der Waals surface area contributed by atoms with Gasteiger partial charge in [0.1, 0.15) is 0 Å². The average molecular weight is 488 g/mol. The first-order valence-electron chi connectivity index (χ1n) is 13.0. The number of carbonyl (C=O) groups excluding carboxylic acids is 2. The number of benzene rings is 2. The Kier molecular flexibility index (Phi) is 8.41. The van der Waals surface area contributed by atoms with Crippen molar-refractivity contribution < 1.29 is 9.59 Å². The fourth-order valence-corrected chi connectivity index (χ4v) is 4.87. The third-order valence-corrected chi connectivity index (χ3v) is 6.93. The van der Waals surface area contributed by atoms with Crippen LogP contribution in [0.1, 0.15) is 68.6 Å². The summed E-state index contributed by atoms with van der Waals surface area (Å²) in [5.41, 5.74) is 9.48. The minimum absolute atomic E-state index is 0.0767. The molecule has 1 heterocycles. The lowest BCUT2D eigenvalue weighted by atomic mass is 9.81. The number of carbonyl (C=O) groups is 2. The molecule has 2 aromatic carbocycles. The molecule has 3 amide bonds. The molecule has 2 aliphatic rings. The van der Waals surface area contributed by atoms with Crippen LogP contribution in [-0.2, 0) is 23.4 Å². The van der Waals surface area contributed by atoms with Gasteiger partial charge in [0, 0.05) is 19.5 Å². The highest BCUT2D eigenvalue weighted by atomic mass is 16.2. The summed E-state index contributed by atoms with van der Waals surface area (Å²) in [7, 11) is 0. The van der Waals surface area contributed by atoms with E-state index < -0.39 is 5.54 Å². The van der Waals surface area contributed by atoms with Crippen molar-refractivity contribution in [3.05, 3.63) is 82.9 Å². The van der Waals surface area contributed by atoms with Gasteiger partial charge in [0.05, 0.1) is 6.54 Å². The Hall–Kier alpha value is -3.61. The topological polar surface area (TPSA) is 99.8 Å². The normalized spacial score (nSPS) is 19.6. The molecule has 1 aliphatic carbocycles. The van der Waals surface area contributed by atoms with E-state index in [0.29, 0.717) is 26.1 Å². The Balaban J connectivity index is 1.45. The number of urea groups is 1. The summed E-state index contributed by atoms with van der Waals surface area (Å²) in [6.07, 6.45) is 9.25. The van der Waals surface area contributed by atoms with Crippen molar-refractivity contribution in [1.82, 2.24) is 15.5 Å². The molecule has 0 bridgehead atoms. The number of aliphatic imine (C=N–C) groups is 1. The first kappa shape index (κ1) is 25.5. The van der Waals surface area contributed by atoms with E-state index in [4.69, 9.17) is 10.7 Å². The van der Waals surface area contributed by atoms with E-state index in [9.17, 15) is 9.59 Å². The zero-order chi connectivity index (χ0) is 25.4. The second-order valence-corrected chi connectivity index (χ2v) is 9.65. The van der Waals surface area contributed by atoms with Crippen LogP contribution in [-0.4, -0.2) is 29.3 Å². The van der Waals surface area contributed by atoms with Crippen molar-refractivity contribution in [3.8, 4) is 0 Å². The number of hydrogen-bond donors (Lipinski definition) is 3. The van der Waals surface area contributed by atoms with Gasteiger partial charge in [-0.2, -0.15) is 0 Å². The lowest BCUT2D eigenvalue weighted by molar-refractivity contribution is -0.132. The fraction of sp³-hybridized carbons (Fsp3) is 0.414. The monoisotopic (exact) mass is 487 g/mol. The van der Waals surface area contributed by atoms with E-state index in [-0.39, 0.29) is 17.9 Å². The van der Waals surface area contributed by atoms with Crippen LogP contribution in [0.4, 0.5) is 4.79 Å². The summed E-state index contributed by atoms with van der Waals surface area (Å²) in [6, 6.07) is 17.5. The molecular formula is C29H37N5O2. The molecule has 0 spiro atoms. The molecule has 0 fully saturated rings. The van der Waals surface area contributed by atoms with Gasteiger partial charge in [-0.25, -0.2) is 9.79 Å². The molecule has 1 atom stereocenters. The largest absolute Gasteiger partial charge is 0.369 e. The van der Waals surface area contributed by atoms with E-state index >= 15 is 0 Å². The molecule has 7 heteroatoms. The first-order chi connectivity index (χ1) is 17.5. The number of allylic oxidation sites excluding steroid dienone is 1. The maximum atomic E-state index is 13.9. The predicted molar refractivity (Wildman–Crippen MR) is 143 cm³/mol. The second-order valence-electron chi connectivity index (χ2n) is 9.65. The first-order valence-corrected chi connectivity index (χ1v) is 13.0. The molecule has 1 unspecified atom stereocenters. The second kappa shape index (κ2) is 11.9. The van der Waals surface area contributed by atoms with Gasteiger partial charge < -0.3 is 16.4 Å². The average Bonchev–Trinajstić information content (AvgIpc) is 3.14. The molecule has 0 aromatic heterocycles. The van der Waals surface area contributed by atoms with Crippen molar-refractivity contribution in [2.24, 2.45) is 10.7 Å². The highest BCUT2D eigenvalue weighted by Crippen LogP contribution is 2.41. The lowest BCUT2D eigenvalue weighted by Gasteiger charge is -2.28.